The molecule has 0 bridgehead atoms. The molecule has 2 aromatic rings. The molecule has 32 heavy (non-hydrogen) atoms. The Morgan fingerprint density at radius 1 is 1.06 bits per heavy atom. The number of hydrogen-bond donors (Lipinski definition) is 1. The van der Waals surface area contributed by atoms with Gasteiger partial charge in [0.15, 0.2) is 0 Å². The number of nitrogens with zero attached hydrogens (tertiary/aromatic N) is 3. The van der Waals surface area contributed by atoms with E-state index in [4.69, 9.17) is 14.6 Å². The number of anilines is 1. The first-order chi connectivity index (χ1) is 14.9. The molecule has 0 radical (unpaired) electrons. The van der Waals surface area contributed by atoms with Gasteiger partial charge in [0.2, 0.25) is 11.8 Å². The van der Waals surface area contributed by atoms with Crippen molar-refractivity contribution >= 4 is 17.6 Å². The standard InChI is InChI=1S/C24H36N4O4/c1-23(2,3)19-15-20(28(26-19)17-9-11-18(32-8)12-10-17)25-21(29)16-27(13-14-31-7)22(30)24(4,5)6/h9-12,15H,13-14,16H2,1-8H3,(H,25,29). The highest BCUT2D eigenvalue weighted by Crippen LogP contribution is 2.27. The average molecular weight is 445 g/mol. The number of carbonyl (C=O) groups excluding carboxylic acids is 2. The Morgan fingerprint density at radius 2 is 1.69 bits per heavy atom. The van der Waals surface area contributed by atoms with Crippen molar-refractivity contribution in [2.24, 2.45) is 5.41 Å². The molecule has 1 N–H and O–H groups in total. The van der Waals surface area contributed by atoms with E-state index in [2.05, 4.69) is 26.1 Å². The van der Waals surface area contributed by atoms with E-state index in [9.17, 15) is 9.59 Å². The average Bonchev–Trinajstić information content (AvgIpc) is 3.14. The molecule has 0 aliphatic carbocycles. The number of hydrogen-bond acceptors (Lipinski definition) is 5. The molecule has 176 valence electrons. The molecule has 0 saturated heterocycles. The Kier molecular flexibility index (Phi) is 8.07. The Morgan fingerprint density at radius 3 is 2.19 bits per heavy atom. The van der Waals surface area contributed by atoms with Crippen LogP contribution < -0.4 is 10.1 Å². The second kappa shape index (κ2) is 10.2. The van der Waals surface area contributed by atoms with Gasteiger partial charge in [0.1, 0.15) is 18.1 Å². The molecule has 2 amide bonds. The molecule has 1 aromatic heterocycles. The Balaban J connectivity index is 2.31. The summed E-state index contributed by atoms with van der Waals surface area (Å²) in [7, 11) is 3.18. The van der Waals surface area contributed by atoms with E-state index in [1.54, 1.807) is 18.9 Å². The van der Waals surface area contributed by atoms with E-state index in [-0.39, 0.29) is 23.8 Å². The summed E-state index contributed by atoms with van der Waals surface area (Å²) in [4.78, 5) is 27.3. The maximum absolute atomic E-state index is 13.0. The minimum Gasteiger partial charge on any atom is -0.497 e. The van der Waals surface area contributed by atoms with E-state index < -0.39 is 5.41 Å². The van der Waals surface area contributed by atoms with E-state index in [1.807, 2.05) is 51.1 Å². The highest BCUT2D eigenvalue weighted by molar-refractivity contribution is 5.95. The Bertz CT molecular complexity index is 921. The lowest BCUT2D eigenvalue weighted by Gasteiger charge is -2.28. The third-order valence-corrected chi connectivity index (χ3v) is 4.89. The summed E-state index contributed by atoms with van der Waals surface area (Å²) < 4.78 is 12.1. The molecule has 0 spiro atoms. The fraction of sp³-hybridized carbons (Fsp3) is 0.542. The fourth-order valence-electron chi connectivity index (χ4n) is 3.04. The molecule has 0 unspecified atom stereocenters. The van der Waals surface area contributed by atoms with Gasteiger partial charge in [-0.2, -0.15) is 5.10 Å². The predicted molar refractivity (Wildman–Crippen MR) is 125 cm³/mol. The largest absolute Gasteiger partial charge is 0.497 e. The molecule has 1 heterocycles. The highest BCUT2D eigenvalue weighted by Gasteiger charge is 2.29. The summed E-state index contributed by atoms with van der Waals surface area (Å²) in [6.45, 7) is 12.3. The van der Waals surface area contributed by atoms with Gasteiger partial charge < -0.3 is 19.7 Å². The van der Waals surface area contributed by atoms with Crippen LogP contribution in [0.15, 0.2) is 30.3 Å². The van der Waals surface area contributed by atoms with Gasteiger partial charge in [-0.05, 0) is 24.3 Å². The second-order valence-electron chi connectivity index (χ2n) is 9.79. The second-order valence-corrected chi connectivity index (χ2v) is 9.79. The van der Waals surface area contributed by atoms with Crippen molar-refractivity contribution < 1.29 is 19.1 Å². The van der Waals surface area contributed by atoms with E-state index in [1.165, 1.54) is 4.90 Å². The maximum atomic E-state index is 13.0. The summed E-state index contributed by atoms with van der Waals surface area (Å²) in [5, 5.41) is 7.66. The molecule has 2 rings (SSSR count). The van der Waals surface area contributed by atoms with Crippen LogP contribution in [0.2, 0.25) is 0 Å². The molecular weight excluding hydrogens is 408 g/mol. The van der Waals surface area contributed by atoms with E-state index in [0.717, 1.165) is 17.1 Å². The summed E-state index contributed by atoms with van der Waals surface area (Å²) in [6, 6.07) is 9.30. The number of rotatable bonds is 8. The van der Waals surface area contributed by atoms with Crippen LogP contribution in [0.4, 0.5) is 5.82 Å². The number of methoxy groups -OCH3 is 2. The van der Waals surface area contributed by atoms with Crippen molar-refractivity contribution in [3.8, 4) is 11.4 Å². The molecule has 0 aliphatic rings. The molecule has 1 aromatic carbocycles. The van der Waals surface area contributed by atoms with Crippen molar-refractivity contribution in [2.45, 2.75) is 47.0 Å². The van der Waals surface area contributed by atoms with Gasteiger partial charge in [-0.1, -0.05) is 41.5 Å². The number of carbonyl (C=O) groups is 2. The summed E-state index contributed by atoms with van der Waals surface area (Å²) in [6.07, 6.45) is 0. The van der Waals surface area contributed by atoms with Crippen LogP contribution in [0.1, 0.15) is 47.2 Å². The molecule has 0 aliphatic heterocycles. The van der Waals surface area contributed by atoms with Crippen molar-refractivity contribution in [1.82, 2.24) is 14.7 Å². The molecule has 0 saturated carbocycles. The van der Waals surface area contributed by atoms with Crippen LogP contribution >= 0.6 is 0 Å². The zero-order valence-corrected chi connectivity index (χ0v) is 20.5. The molecule has 8 nitrogen and oxygen atoms in total. The summed E-state index contributed by atoms with van der Waals surface area (Å²) in [5.41, 5.74) is 0.826. The van der Waals surface area contributed by atoms with Crippen LogP contribution in [-0.4, -0.2) is 60.4 Å². The molecular formula is C24H36N4O4. The lowest BCUT2D eigenvalue weighted by Crippen LogP contribution is -2.45. The van der Waals surface area contributed by atoms with E-state index >= 15 is 0 Å². The van der Waals surface area contributed by atoms with Crippen molar-refractivity contribution in [1.29, 1.82) is 0 Å². The third kappa shape index (κ3) is 6.56. The first kappa shape index (κ1) is 25.4. The van der Waals surface area contributed by atoms with Crippen molar-refractivity contribution in [2.75, 3.05) is 39.2 Å². The SMILES string of the molecule is COCCN(CC(=O)Nc1cc(C(C)(C)C)nn1-c1ccc(OC)cc1)C(=O)C(C)(C)C. The number of benzene rings is 1. The Hall–Kier alpha value is -2.87. The van der Waals surface area contributed by atoms with Crippen molar-refractivity contribution in [3.63, 3.8) is 0 Å². The van der Waals surface area contributed by atoms with Gasteiger partial charge in [0.25, 0.3) is 0 Å². The highest BCUT2D eigenvalue weighted by atomic mass is 16.5. The van der Waals surface area contributed by atoms with Gasteiger partial charge >= 0.3 is 0 Å². The monoisotopic (exact) mass is 444 g/mol. The summed E-state index contributed by atoms with van der Waals surface area (Å²) >= 11 is 0. The molecule has 8 heteroatoms. The zero-order valence-electron chi connectivity index (χ0n) is 20.5. The van der Waals surface area contributed by atoms with E-state index in [0.29, 0.717) is 19.0 Å². The van der Waals surface area contributed by atoms with Gasteiger partial charge in [-0.3, -0.25) is 9.59 Å². The smallest absolute Gasteiger partial charge is 0.245 e. The molecule has 0 atom stereocenters. The first-order valence-corrected chi connectivity index (χ1v) is 10.7. The quantitative estimate of drug-likeness (QED) is 0.672. The van der Waals surface area contributed by atoms with Crippen molar-refractivity contribution in [3.05, 3.63) is 36.0 Å². The topological polar surface area (TPSA) is 85.7 Å². The third-order valence-electron chi connectivity index (χ3n) is 4.89. The predicted octanol–water partition coefficient (Wildman–Crippen LogP) is 3.64. The number of nitrogens with one attached hydrogen (secondary N) is 1. The van der Waals surface area contributed by atoms with Gasteiger partial charge in [0.05, 0.1) is 25.1 Å². The number of aromatic nitrogens is 2. The Labute approximate surface area is 190 Å². The normalized spacial score (nSPS) is 11.9. The minimum absolute atomic E-state index is 0.0713. The summed E-state index contributed by atoms with van der Waals surface area (Å²) in [5.74, 6) is 0.870. The zero-order chi connectivity index (χ0) is 24.1. The first-order valence-electron chi connectivity index (χ1n) is 10.7. The molecule has 0 fully saturated rings. The number of ether oxygens (including phenoxy) is 2. The number of amides is 2. The lowest BCUT2D eigenvalue weighted by atomic mass is 9.92. The van der Waals surface area contributed by atoms with Crippen LogP contribution in [0, 0.1) is 5.41 Å². The minimum atomic E-state index is -0.599. The fourth-order valence-corrected chi connectivity index (χ4v) is 3.04. The van der Waals surface area contributed by atoms with Crippen LogP contribution in [0.5, 0.6) is 5.75 Å². The lowest BCUT2D eigenvalue weighted by molar-refractivity contribution is -0.142. The van der Waals surface area contributed by atoms with Gasteiger partial charge in [-0.25, -0.2) is 4.68 Å². The van der Waals surface area contributed by atoms with Crippen LogP contribution in [0.25, 0.3) is 5.69 Å². The van der Waals surface area contributed by atoms with Gasteiger partial charge in [0, 0.05) is 30.6 Å². The van der Waals surface area contributed by atoms with Gasteiger partial charge in [-0.15, -0.1) is 0 Å². The maximum Gasteiger partial charge on any atom is 0.245 e. The van der Waals surface area contributed by atoms with Crippen LogP contribution in [0.3, 0.4) is 0 Å². The van der Waals surface area contributed by atoms with Crippen LogP contribution in [-0.2, 0) is 19.7 Å².